The number of nitrogens with zero attached hydrogens (tertiary/aromatic N) is 4. The number of hydrogen-bond donors (Lipinski definition) is 0. The Labute approximate surface area is 357 Å². The van der Waals surface area contributed by atoms with E-state index in [0.717, 1.165) is 83.2 Å². The second-order valence-electron chi connectivity index (χ2n) is 15.6. The first-order chi connectivity index (χ1) is 30.7. The highest BCUT2D eigenvalue weighted by Crippen LogP contribution is 2.40. The fourth-order valence-corrected chi connectivity index (χ4v) is 8.86. The molecule has 0 amide bonds. The molecule has 5 heteroatoms. The SMILES string of the molecule is c1ccc(-c2cccc(-c3nc(-c4cccc(-c5ccccc5)c4)nc(-c4ccc5c(c4)oc4c(-c6ccc7c8ccccc8n(-c8ccccc8)c7c6)cccc45)n3)c2)cc1. The van der Waals surface area contributed by atoms with Crippen LogP contribution in [0.3, 0.4) is 0 Å². The highest BCUT2D eigenvalue weighted by molar-refractivity contribution is 6.13. The number of hydrogen-bond acceptors (Lipinski definition) is 4. The van der Waals surface area contributed by atoms with Gasteiger partial charge < -0.3 is 8.98 Å². The number of fused-ring (bicyclic) bond motifs is 6. The van der Waals surface area contributed by atoms with E-state index in [1.54, 1.807) is 0 Å². The van der Waals surface area contributed by atoms with Gasteiger partial charge >= 0.3 is 0 Å². The van der Waals surface area contributed by atoms with Crippen LogP contribution in [0, 0.1) is 0 Å². The lowest BCUT2D eigenvalue weighted by atomic mass is 10.0. The third kappa shape index (κ3) is 6.14. The second-order valence-corrected chi connectivity index (χ2v) is 15.6. The first kappa shape index (κ1) is 35.5. The molecule has 9 aromatic carbocycles. The maximum Gasteiger partial charge on any atom is 0.164 e. The third-order valence-electron chi connectivity index (χ3n) is 11.8. The van der Waals surface area contributed by atoms with Gasteiger partial charge in [0.05, 0.1) is 11.0 Å². The van der Waals surface area contributed by atoms with Crippen molar-refractivity contribution in [2.75, 3.05) is 0 Å². The summed E-state index contributed by atoms with van der Waals surface area (Å²) in [6, 6.07) is 76.2. The standard InChI is InChI=1S/C57H36N4O/c1-4-15-37(16-5-1)39-19-12-21-42(33-39)55-58-56(43-22-13-20-40(34-43)38-17-6-2-7-18-38)60-57(59-55)44-30-32-49-50-27-14-26-46(54(50)62-53(49)36-44)41-29-31-48-47-25-10-11-28-51(47)61(52(48)35-41)45-23-8-3-9-24-45/h1-36H. The predicted octanol–water partition coefficient (Wildman–Crippen LogP) is 14.9. The summed E-state index contributed by atoms with van der Waals surface area (Å²) >= 11 is 0. The van der Waals surface area contributed by atoms with Crippen molar-refractivity contribution in [2.45, 2.75) is 0 Å². The Kier molecular flexibility index (Phi) is 8.42. The van der Waals surface area contributed by atoms with Crippen molar-refractivity contribution in [2.24, 2.45) is 0 Å². The molecular formula is C57H36N4O. The van der Waals surface area contributed by atoms with Gasteiger partial charge in [-0.3, -0.25) is 0 Å². The van der Waals surface area contributed by atoms with Crippen LogP contribution in [0.5, 0.6) is 0 Å². The minimum absolute atomic E-state index is 0.571. The molecule has 3 aromatic heterocycles. The molecule has 0 atom stereocenters. The van der Waals surface area contributed by atoms with Gasteiger partial charge in [-0.15, -0.1) is 0 Å². The van der Waals surface area contributed by atoms with Gasteiger partial charge in [0.25, 0.3) is 0 Å². The first-order valence-electron chi connectivity index (χ1n) is 20.8. The van der Waals surface area contributed by atoms with Crippen LogP contribution in [0.1, 0.15) is 0 Å². The van der Waals surface area contributed by atoms with Gasteiger partial charge in [0, 0.05) is 49.5 Å². The van der Waals surface area contributed by atoms with Crippen molar-refractivity contribution in [1.29, 1.82) is 0 Å². The molecule has 290 valence electrons. The number of benzene rings is 9. The minimum Gasteiger partial charge on any atom is -0.455 e. The predicted molar refractivity (Wildman–Crippen MR) is 254 cm³/mol. The van der Waals surface area contributed by atoms with Crippen LogP contribution in [-0.4, -0.2) is 19.5 Å². The lowest BCUT2D eigenvalue weighted by Gasteiger charge is -2.10. The molecule has 0 aliphatic heterocycles. The average molecular weight is 793 g/mol. The van der Waals surface area contributed by atoms with Gasteiger partial charge in [0.15, 0.2) is 17.5 Å². The summed E-state index contributed by atoms with van der Waals surface area (Å²) in [7, 11) is 0. The van der Waals surface area contributed by atoms with E-state index >= 15 is 0 Å². The number of rotatable bonds is 7. The van der Waals surface area contributed by atoms with Crippen molar-refractivity contribution in [3.63, 3.8) is 0 Å². The summed E-state index contributed by atoms with van der Waals surface area (Å²) < 4.78 is 9.22. The van der Waals surface area contributed by atoms with Gasteiger partial charge in [-0.05, 0) is 76.3 Å². The van der Waals surface area contributed by atoms with Crippen LogP contribution in [0.25, 0.3) is 117 Å². The molecule has 3 heterocycles. The van der Waals surface area contributed by atoms with Gasteiger partial charge in [-0.2, -0.15) is 0 Å². The summed E-state index contributed by atoms with van der Waals surface area (Å²) in [6.07, 6.45) is 0. The molecule has 0 spiro atoms. The third-order valence-corrected chi connectivity index (χ3v) is 11.8. The highest BCUT2D eigenvalue weighted by atomic mass is 16.3. The second kappa shape index (κ2) is 14.7. The first-order valence-corrected chi connectivity index (χ1v) is 20.8. The van der Waals surface area contributed by atoms with Crippen LogP contribution in [0.4, 0.5) is 0 Å². The smallest absolute Gasteiger partial charge is 0.164 e. The molecule has 5 nitrogen and oxygen atoms in total. The monoisotopic (exact) mass is 792 g/mol. The average Bonchev–Trinajstić information content (AvgIpc) is 3.90. The van der Waals surface area contributed by atoms with Crippen molar-refractivity contribution in [1.82, 2.24) is 19.5 Å². The van der Waals surface area contributed by atoms with Crippen molar-refractivity contribution < 1.29 is 4.42 Å². The normalized spacial score (nSPS) is 11.5. The maximum atomic E-state index is 6.87. The quantitative estimate of drug-likeness (QED) is 0.161. The Morgan fingerprint density at radius 2 is 0.790 bits per heavy atom. The zero-order valence-electron chi connectivity index (χ0n) is 33.5. The highest BCUT2D eigenvalue weighted by Gasteiger charge is 2.19. The van der Waals surface area contributed by atoms with E-state index in [9.17, 15) is 0 Å². The topological polar surface area (TPSA) is 56.7 Å². The Morgan fingerprint density at radius 1 is 0.306 bits per heavy atom. The summed E-state index contributed by atoms with van der Waals surface area (Å²) in [5.74, 6) is 1.77. The summed E-state index contributed by atoms with van der Waals surface area (Å²) in [6.45, 7) is 0. The van der Waals surface area contributed by atoms with Gasteiger partial charge in [0.1, 0.15) is 11.2 Å². The molecule has 0 N–H and O–H groups in total. The van der Waals surface area contributed by atoms with Crippen molar-refractivity contribution in [3.8, 4) is 73.2 Å². The Bertz CT molecular complexity index is 3530. The fourth-order valence-electron chi connectivity index (χ4n) is 8.86. The molecule has 0 aliphatic rings. The molecule has 12 rings (SSSR count). The van der Waals surface area contributed by atoms with Gasteiger partial charge in [-0.1, -0.05) is 170 Å². The van der Waals surface area contributed by atoms with Crippen LogP contribution < -0.4 is 0 Å². The fraction of sp³-hybridized carbons (Fsp3) is 0. The summed E-state index contributed by atoms with van der Waals surface area (Å²) in [4.78, 5) is 15.4. The van der Waals surface area contributed by atoms with E-state index in [1.807, 2.05) is 12.1 Å². The number of aromatic nitrogens is 4. The summed E-state index contributed by atoms with van der Waals surface area (Å²) in [5, 5.41) is 4.53. The zero-order chi connectivity index (χ0) is 41.0. The van der Waals surface area contributed by atoms with Crippen molar-refractivity contribution >= 4 is 43.7 Å². The Morgan fingerprint density at radius 3 is 1.45 bits per heavy atom. The van der Waals surface area contributed by atoms with Crippen LogP contribution in [-0.2, 0) is 0 Å². The van der Waals surface area contributed by atoms with Crippen molar-refractivity contribution in [3.05, 3.63) is 218 Å². The minimum atomic E-state index is 0.571. The van der Waals surface area contributed by atoms with E-state index < -0.39 is 0 Å². The summed E-state index contributed by atoms with van der Waals surface area (Å²) in [5.41, 5.74) is 14.3. The molecule has 0 radical (unpaired) electrons. The Balaban J connectivity index is 0.999. The van der Waals surface area contributed by atoms with E-state index in [0.29, 0.717) is 17.5 Å². The van der Waals surface area contributed by atoms with E-state index in [1.165, 1.54) is 16.3 Å². The molecule has 0 saturated heterocycles. The lowest BCUT2D eigenvalue weighted by molar-refractivity contribution is 0.670. The zero-order valence-corrected chi connectivity index (χ0v) is 33.5. The van der Waals surface area contributed by atoms with E-state index in [4.69, 9.17) is 19.4 Å². The van der Waals surface area contributed by atoms with E-state index in [2.05, 4.69) is 211 Å². The molecular weight excluding hydrogens is 757 g/mol. The molecule has 0 saturated carbocycles. The molecule has 0 aliphatic carbocycles. The van der Waals surface area contributed by atoms with E-state index in [-0.39, 0.29) is 0 Å². The largest absolute Gasteiger partial charge is 0.455 e. The van der Waals surface area contributed by atoms with Gasteiger partial charge in [-0.25, -0.2) is 15.0 Å². The molecule has 0 bridgehead atoms. The maximum absolute atomic E-state index is 6.87. The number of para-hydroxylation sites is 3. The number of furan rings is 1. The Hall–Kier alpha value is -8.41. The van der Waals surface area contributed by atoms with Gasteiger partial charge in [0.2, 0.25) is 0 Å². The van der Waals surface area contributed by atoms with Crippen LogP contribution in [0.2, 0.25) is 0 Å². The van der Waals surface area contributed by atoms with Crippen LogP contribution in [0.15, 0.2) is 223 Å². The van der Waals surface area contributed by atoms with Crippen LogP contribution >= 0.6 is 0 Å². The molecule has 0 unspecified atom stereocenters. The molecule has 0 fully saturated rings. The molecule has 62 heavy (non-hydrogen) atoms. The lowest BCUT2D eigenvalue weighted by Crippen LogP contribution is -2.00. The molecule has 12 aromatic rings.